The van der Waals surface area contributed by atoms with Gasteiger partial charge in [-0.2, -0.15) is 0 Å². The van der Waals surface area contributed by atoms with Gasteiger partial charge in [0, 0.05) is 29.0 Å². The van der Waals surface area contributed by atoms with Crippen LogP contribution in [0, 0.1) is 0 Å². The van der Waals surface area contributed by atoms with Gasteiger partial charge in [0.2, 0.25) is 0 Å². The fraction of sp³-hybridized carbons (Fsp3) is 0.238. The second kappa shape index (κ2) is 7.45. The van der Waals surface area contributed by atoms with Gasteiger partial charge in [-0.25, -0.2) is 0 Å². The fourth-order valence-corrected chi connectivity index (χ4v) is 3.64. The summed E-state index contributed by atoms with van der Waals surface area (Å²) >= 11 is 6.01. The molecule has 2 heterocycles. The number of H-pyrrole nitrogens is 1. The highest BCUT2D eigenvalue weighted by atomic mass is 35.5. The number of para-hydroxylation sites is 1. The summed E-state index contributed by atoms with van der Waals surface area (Å²) in [6.45, 7) is 1.54. The smallest absolute Gasteiger partial charge is 0.272 e. The van der Waals surface area contributed by atoms with Crippen molar-refractivity contribution >= 4 is 40.0 Å². The Morgan fingerprint density at radius 1 is 1.00 bits per heavy atom. The summed E-state index contributed by atoms with van der Waals surface area (Å²) in [6.07, 6.45) is 3.21. The highest BCUT2D eigenvalue weighted by Gasteiger charge is 2.21. The van der Waals surface area contributed by atoms with Crippen LogP contribution < -0.4 is 5.32 Å². The zero-order chi connectivity index (χ0) is 18.8. The number of nitrogens with zero attached hydrogens (tertiary/aromatic N) is 1. The number of anilines is 1. The van der Waals surface area contributed by atoms with Crippen LogP contribution in [0.5, 0.6) is 0 Å². The van der Waals surface area contributed by atoms with Crippen molar-refractivity contribution in [3.05, 3.63) is 64.8 Å². The van der Waals surface area contributed by atoms with Crippen molar-refractivity contribution in [1.82, 2.24) is 9.88 Å². The summed E-state index contributed by atoms with van der Waals surface area (Å²) in [7, 11) is 0. The Bertz CT molecular complexity index is 1010. The van der Waals surface area contributed by atoms with Crippen LogP contribution >= 0.6 is 11.6 Å². The first-order chi connectivity index (χ1) is 13.1. The lowest BCUT2D eigenvalue weighted by Gasteiger charge is -2.27. The van der Waals surface area contributed by atoms with Gasteiger partial charge in [-0.15, -0.1) is 0 Å². The highest BCUT2D eigenvalue weighted by molar-refractivity contribution is 6.31. The van der Waals surface area contributed by atoms with Crippen LogP contribution in [0.25, 0.3) is 10.9 Å². The normalized spacial score (nSPS) is 14.3. The average Bonchev–Trinajstić information content (AvgIpc) is 3.12. The van der Waals surface area contributed by atoms with E-state index in [0.717, 1.165) is 43.3 Å². The van der Waals surface area contributed by atoms with Crippen LogP contribution in [-0.4, -0.2) is 34.8 Å². The Hall–Kier alpha value is -2.79. The number of hydrogen-bond donors (Lipinski definition) is 2. The Labute approximate surface area is 162 Å². The van der Waals surface area contributed by atoms with Gasteiger partial charge >= 0.3 is 0 Å². The molecule has 2 N–H and O–H groups in total. The molecular formula is C21H20ClN3O2. The van der Waals surface area contributed by atoms with Gasteiger partial charge in [-0.1, -0.05) is 23.7 Å². The number of aromatic amines is 1. The number of carbonyl (C=O) groups is 2. The monoisotopic (exact) mass is 381 g/mol. The van der Waals surface area contributed by atoms with E-state index >= 15 is 0 Å². The minimum absolute atomic E-state index is 0.0333. The van der Waals surface area contributed by atoms with Gasteiger partial charge in [0.15, 0.2) is 0 Å². The molecule has 6 heteroatoms. The molecule has 0 radical (unpaired) electrons. The molecule has 0 bridgehead atoms. The number of halogens is 1. The number of aromatic nitrogens is 1. The molecule has 1 saturated heterocycles. The maximum absolute atomic E-state index is 12.9. The van der Waals surface area contributed by atoms with Gasteiger partial charge in [-0.3, -0.25) is 9.59 Å². The molecule has 1 aliphatic rings. The maximum atomic E-state index is 12.9. The predicted octanol–water partition coefficient (Wildman–Crippen LogP) is 4.70. The van der Waals surface area contributed by atoms with Gasteiger partial charge < -0.3 is 15.2 Å². The van der Waals surface area contributed by atoms with Crippen molar-refractivity contribution in [2.75, 3.05) is 18.4 Å². The molecule has 0 unspecified atom stereocenters. The van der Waals surface area contributed by atoms with Crippen molar-refractivity contribution in [3.63, 3.8) is 0 Å². The molecule has 4 rings (SSSR count). The first-order valence-corrected chi connectivity index (χ1v) is 9.47. The summed E-state index contributed by atoms with van der Waals surface area (Å²) in [5.74, 6) is -0.324. The first kappa shape index (κ1) is 17.6. The Kier molecular flexibility index (Phi) is 4.86. The van der Waals surface area contributed by atoms with Crippen LogP contribution in [0.15, 0.2) is 48.5 Å². The van der Waals surface area contributed by atoms with Crippen molar-refractivity contribution in [2.24, 2.45) is 0 Å². The van der Waals surface area contributed by atoms with Gasteiger partial charge in [-0.05, 0) is 55.7 Å². The lowest BCUT2D eigenvalue weighted by molar-refractivity contribution is 0.0725. The third-order valence-electron chi connectivity index (χ3n) is 4.88. The minimum Gasteiger partial charge on any atom is -0.351 e. The van der Waals surface area contributed by atoms with Crippen LogP contribution in [0.4, 0.5) is 5.69 Å². The maximum Gasteiger partial charge on any atom is 0.272 e. The Balaban J connectivity index is 1.58. The van der Waals surface area contributed by atoms with E-state index in [1.54, 1.807) is 30.3 Å². The zero-order valence-corrected chi connectivity index (χ0v) is 15.6. The molecule has 1 aliphatic heterocycles. The number of amides is 2. The Morgan fingerprint density at radius 2 is 1.78 bits per heavy atom. The average molecular weight is 382 g/mol. The Morgan fingerprint density at radius 3 is 2.59 bits per heavy atom. The molecule has 0 spiro atoms. The molecule has 0 aliphatic carbocycles. The number of fused-ring (bicyclic) bond motifs is 1. The molecule has 0 atom stereocenters. The summed E-state index contributed by atoms with van der Waals surface area (Å²) in [5.41, 5.74) is 2.30. The van der Waals surface area contributed by atoms with E-state index in [1.165, 1.54) is 0 Å². The van der Waals surface area contributed by atoms with E-state index in [2.05, 4.69) is 10.3 Å². The second-order valence-electron chi connectivity index (χ2n) is 6.77. The van der Waals surface area contributed by atoms with E-state index in [1.807, 2.05) is 23.1 Å². The largest absolute Gasteiger partial charge is 0.351 e. The molecule has 1 fully saturated rings. The van der Waals surface area contributed by atoms with Crippen molar-refractivity contribution in [2.45, 2.75) is 19.3 Å². The molecule has 1 aromatic heterocycles. The number of nitrogens with one attached hydrogen (secondary N) is 2. The number of piperidine rings is 1. The van der Waals surface area contributed by atoms with Crippen molar-refractivity contribution in [1.29, 1.82) is 0 Å². The number of likely N-dealkylation sites (tertiary alicyclic amines) is 1. The lowest BCUT2D eigenvalue weighted by atomic mass is 10.1. The molecule has 138 valence electrons. The van der Waals surface area contributed by atoms with E-state index in [4.69, 9.17) is 11.6 Å². The first-order valence-electron chi connectivity index (χ1n) is 9.10. The third-order valence-corrected chi connectivity index (χ3v) is 5.11. The lowest BCUT2D eigenvalue weighted by Crippen LogP contribution is -2.36. The minimum atomic E-state index is -0.291. The van der Waals surface area contributed by atoms with E-state index in [9.17, 15) is 9.59 Å². The molecular weight excluding hydrogens is 362 g/mol. The summed E-state index contributed by atoms with van der Waals surface area (Å²) in [6, 6.07) is 14.3. The number of rotatable bonds is 3. The number of carbonyl (C=O) groups excluding carboxylic acids is 2. The topological polar surface area (TPSA) is 65.2 Å². The van der Waals surface area contributed by atoms with Crippen LogP contribution in [0.3, 0.4) is 0 Å². The van der Waals surface area contributed by atoms with E-state index in [0.29, 0.717) is 22.0 Å². The van der Waals surface area contributed by atoms with Gasteiger partial charge in [0.05, 0.1) is 11.3 Å². The van der Waals surface area contributed by atoms with Crippen LogP contribution in [0.2, 0.25) is 5.02 Å². The molecule has 2 aromatic carbocycles. The fourth-order valence-electron chi connectivity index (χ4n) is 3.46. The van der Waals surface area contributed by atoms with Crippen LogP contribution in [0.1, 0.15) is 40.1 Å². The summed E-state index contributed by atoms with van der Waals surface area (Å²) < 4.78 is 0. The molecule has 3 aromatic rings. The number of hydrogen-bond acceptors (Lipinski definition) is 2. The summed E-state index contributed by atoms with van der Waals surface area (Å²) in [5, 5.41) is 4.35. The standard InChI is InChI=1S/C21H20ClN3O2/c22-15-8-9-17-14(12-15)13-19(23-17)20(26)24-18-7-3-2-6-16(18)21(27)25-10-4-1-5-11-25/h2-3,6-9,12-13,23H,1,4-5,10-11H2,(H,24,26). The molecule has 0 saturated carbocycles. The molecule has 27 heavy (non-hydrogen) atoms. The third kappa shape index (κ3) is 3.69. The quantitative estimate of drug-likeness (QED) is 0.690. The molecule has 2 amide bonds. The second-order valence-corrected chi connectivity index (χ2v) is 7.20. The summed E-state index contributed by atoms with van der Waals surface area (Å²) in [4.78, 5) is 30.5. The van der Waals surface area contributed by atoms with Crippen molar-refractivity contribution in [3.8, 4) is 0 Å². The highest BCUT2D eigenvalue weighted by Crippen LogP contribution is 2.23. The van der Waals surface area contributed by atoms with Gasteiger partial charge in [0.25, 0.3) is 11.8 Å². The SMILES string of the molecule is O=C(Nc1ccccc1C(=O)N1CCCCC1)c1cc2cc(Cl)ccc2[nH]1. The number of benzene rings is 2. The van der Waals surface area contributed by atoms with E-state index < -0.39 is 0 Å². The van der Waals surface area contributed by atoms with Gasteiger partial charge in [0.1, 0.15) is 5.69 Å². The van der Waals surface area contributed by atoms with E-state index in [-0.39, 0.29) is 11.8 Å². The zero-order valence-electron chi connectivity index (χ0n) is 14.8. The van der Waals surface area contributed by atoms with Crippen molar-refractivity contribution < 1.29 is 9.59 Å². The molecule has 5 nitrogen and oxygen atoms in total. The van der Waals surface area contributed by atoms with Crippen LogP contribution in [-0.2, 0) is 0 Å². The predicted molar refractivity (Wildman–Crippen MR) is 107 cm³/mol.